The smallest absolute Gasteiger partial charge is 0.371 e. The molecule has 2 aromatic heterocycles. The third-order valence-electron chi connectivity index (χ3n) is 2.95. The number of fused-ring (bicyclic) bond motifs is 1. The quantitative estimate of drug-likeness (QED) is 0.772. The van der Waals surface area contributed by atoms with Gasteiger partial charge >= 0.3 is 5.97 Å². The molecular weight excluding hydrogens is 290 g/mol. The van der Waals surface area contributed by atoms with Crippen LogP contribution in [0.15, 0.2) is 40.8 Å². The maximum absolute atomic E-state index is 12.1. The van der Waals surface area contributed by atoms with E-state index >= 15 is 0 Å². The molecule has 0 saturated carbocycles. The van der Waals surface area contributed by atoms with E-state index < -0.39 is 5.97 Å². The Morgan fingerprint density at radius 1 is 1.19 bits per heavy atom. The average molecular weight is 301 g/mol. The number of carboxylic acids is 1. The van der Waals surface area contributed by atoms with Crippen molar-refractivity contribution in [1.29, 1.82) is 0 Å². The van der Waals surface area contributed by atoms with Crippen molar-refractivity contribution in [2.24, 2.45) is 0 Å². The molecule has 0 aliphatic rings. The van der Waals surface area contributed by atoms with Gasteiger partial charge in [0.2, 0.25) is 5.76 Å². The van der Waals surface area contributed by atoms with Crippen LogP contribution in [-0.4, -0.2) is 17.0 Å². The fourth-order valence-electron chi connectivity index (χ4n) is 1.98. The number of nitrogens with one attached hydrogen (secondary N) is 1. The highest BCUT2D eigenvalue weighted by atomic mass is 32.1. The molecule has 106 valence electrons. The van der Waals surface area contributed by atoms with Gasteiger partial charge in [0.1, 0.15) is 5.58 Å². The van der Waals surface area contributed by atoms with Crippen LogP contribution in [0.3, 0.4) is 0 Å². The first-order valence-electron chi connectivity index (χ1n) is 6.17. The molecule has 1 aromatic carbocycles. The van der Waals surface area contributed by atoms with E-state index in [0.717, 1.165) is 4.88 Å². The zero-order valence-electron chi connectivity index (χ0n) is 11.0. The number of furan rings is 1. The molecule has 0 saturated heterocycles. The highest BCUT2D eigenvalue weighted by Crippen LogP contribution is 2.24. The van der Waals surface area contributed by atoms with Crippen LogP contribution in [0.1, 0.15) is 25.1 Å². The summed E-state index contributed by atoms with van der Waals surface area (Å²) in [5, 5.41) is 12.3. The number of hydrogen-bond donors (Lipinski definition) is 2. The summed E-state index contributed by atoms with van der Waals surface area (Å²) in [6, 6.07) is 10.1. The standard InChI is InChI=1S/C15H11NO4S/c1-8-2-5-13(21-8)14(17)16-10-3-4-11-9(6-10)7-12(20-11)15(18)19/h2-7H,1H3,(H,16,17)(H,18,19). The van der Waals surface area contributed by atoms with Gasteiger partial charge in [0.15, 0.2) is 0 Å². The van der Waals surface area contributed by atoms with Crippen molar-refractivity contribution in [3.8, 4) is 0 Å². The van der Waals surface area contributed by atoms with E-state index in [9.17, 15) is 9.59 Å². The molecule has 3 aromatic rings. The van der Waals surface area contributed by atoms with Crippen molar-refractivity contribution in [2.75, 3.05) is 5.32 Å². The molecule has 0 atom stereocenters. The fraction of sp³-hybridized carbons (Fsp3) is 0.0667. The largest absolute Gasteiger partial charge is 0.475 e. The van der Waals surface area contributed by atoms with Gasteiger partial charge in [-0.15, -0.1) is 11.3 Å². The first kappa shape index (κ1) is 13.4. The van der Waals surface area contributed by atoms with E-state index in [1.807, 2.05) is 13.0 Å². The Hall–Kier alpha value is -2.60. The molecule has 0 aliphatic carbocycles. The van der Waals surface area contributed by atoms with Crippen LogP contribution in [0.4, 0.5) is 5.69 Å². The number of carbonyl (C=O) groups is 2. The summed E-state index contributed by atoms with van der Waals surface area (Å²) in [4.78, 5) is 24.6. The molecule has 6 heteroatoms. The van der Waals surface area contributed by atoms with Gasteiger partial charge in [-0.05, 0) is 43.3 Å². The van der Waals surface area contributed by atoms with Crippen LogP contribution in [0.5, 0.6) is 0 Å². The van der Waals surface area contributed by atoms with E-state index in [1.165, 1.54) is 17.4 Å². The zero-order valence-corrected chi connectivity index (χ0v) is 11.9. The second kappa shape index (κ2) is 5.06. The molecule has 0 radical (unpaired) electrons. The summed E-state index contributed by atoms with van der Waals surface area (Å²) in [5.74, 6) is -1.43. The van der Waals surface area contributed by atoms with Gasteiger partial charge in [-0.3, -0.25) is 4.79 Å². The number of rotatable bonds is 3. The number of anilines is 1. The van der Waals surface area contributed by atoms with Gasteiger partial charge in [0, 0.05) is 16.0 Å². The molecule has 21 heavy (non-hydrogen) atoms. The molecule has 5 nitrogen and oxygen atoms in total. The number of benzene rings is 1. The number of thiophene rings is 1. The predicted molar refractivity (Wildman–Crippen MR) is 80.2 cm³/mol. The van der Waals surface area contributed by atoms with Gasteiger partial charge in [-0.1, -0.05) is 0 Å². The minimum absolute atomic E-state index is 0.123. The summed E-state index contributed by atoms with van der Waals surface area (Å²) in [6.07, 6.45) is 0. The summed E-state index contributed by atoms with van der Waals surface area (Å²) < 4.78 is 5.17. The Labute approximate surface area is 123 Å². The van der Waals surface area contributed by atoms with E-state index in [-0.39, 0.29) is 11.7 Å². The predicted octanol–water partition coefficient (Wildman–Crippen LogP) is 3.75. The lowest BCUT2D eigenvalue weighted by Gasteiger charge is -2.03. The maximum Gasteiger partial charge on any atom is 0.371 e. The number of carbonyl (C=O) groups excluding carboxylic acids is 1. The van der Waals surface area contributed by atoms with E-state index in [0.29, 0.717) is 21.5 Å². The van der Waals surface area contributed by atoms with Gasteiger partial charge in [-0.25, -0.2) is 4.79 Å². The third kappa shape index (κ3) is 2.66. The van der Waals surface area contributed by atoms with Crippen LogP contribution < -0.4 is 5.32 Å². The minimum Gasteiger partial charge on any atom is -0.475 e. The van der Waals surface area contributed by atoms with Crippen molar-refractivity contribution in [2.45, 2.75) is 6.92 Å². The molecule has 0 bridgehead atoms. The Kier molecular flexibility index (Phi) is 3.23. The maximum atomic E-state index is 12.1. The third-order valence-corrected chi connectivity index (χ3v) is 3.95. The van der Waals surface area contributed by atoms with Gasteiger partial charge in [0.05, 0.1) is 4.88 Å². The first-order chi connectivity index (χ1) is 10.0. The number of amides is 1. The molecule has 2 heterocycles. The van der Waals surface area contributed by atoms with E-state index in [4.69, 9.17) is 9.52 Å². The first-order valence-corrected chi connectivity index (χ1v) is 6.99. The van der Waals surface area contributed by atoms with Gasteiger partial charge < -0.3 is 14.8 Å². The topological polar surface area (TPSA) is 79.5 Å². The Morgan fingerprint density at radius 3 is 2.67 bits per heavy atom. The van der Waals surface area contributed by atoms with Gasteiger partial charge in [0.25, 0.3) is 5.91 Å². The van der Waals surface area contributed by atoms with Crippen molar-refractivity contribution in [1.82, 2.24) is 0 Å². The summed E-state index contributed by atoms with van der Waals surface area (Å²) >= 11 is 1.42. The van der Waals surface area contributed by atoms with E-state index in [2.05, 4.69) is 5.32 Å². The molecule has 0 unspecified atom stereocenters. The normalized spacial score (nSPS) is 10.7. The SMILES string of the molecule is Cc1ccc(C(=O)Nc2ccc3oc(C(=O)O)cc3c2)s1. The Balaban J connectivity index is 1.87. The van der Waals surface area contributed by atoms with Crippen molar-refractivity contribution in [3.05, 3.63) is 51.9 Å². The van der Waals surface area contributed by atoms with Crippen LogP contribution in [0.2, 0.25) is 0 Å². The number of carboxylic acid groups (broad SMARTS) is 1. The molecule has 2 N–H and O–H groups in total. The molecule has 0 fully saturated rings. The minimum atomic E-state index is -1.12. The molecule has 0 aliphatic heterocycles. The Morgan fingerprint density at radius 2 is 2.00 bits per heavy atom. The molecule has 3 rings (SSSR count). The lowest BCUT2D eigenvalue weighted by atomic mass is 10.2. The summed E-state index contributed by atoms with van der Waals surface area (Å²) in [7, 11) is 0. The molecule has 1 amide bonds. The highest BCUT2D eigenvalue weighted by Gasteiger charge is 2.12. The average Bonchev–Trinajstić information content (AvgIpc) is 3.04. The Bertz CT molecular complexity index is 846. The number of aromatic carboxylic acids is 1. The molecule has 0 spiro atoms. The zero-order chi connectivity index (χ0) is 15.0. The van der Waals surface area contributed by atoms with Crippen molar-refractivity contribution < 1.29 is 19.1 Å². The van der Waals surface area contributed by atoms with E-state index in [1.54, 1.807) is 24.3 Å². The molecular formula is C15H11NO4S. The second-order valence-corrected chi connectivity index (χ2v) is 5.82. The summed E-state index contributed by atoms with van der Waals surface area (Å²) in [5.41, 5.74) is 1.06. The van der Waals surface area contributed by atoms with Crippen LogP contribution >= 0.6 is 11.3 Å². The summed E-state index contributed by atoms with van der Waals surface area (Å²) in [6.45, 7) is 1.94. The van der Waals surface area contributed by atoms with Crippen LogP contribution in [-0.2, 0) is 0 Å². The van der Waals surface area contributed by atoms with Crippen molar-refractivity contribution >= 4 is 39.9 Å². The lowest BCUT2D eigenvalue weighted by molar-refractivity contribution is 0.0665. The number of hydrogen-bond acceptors (Lipinski definition) is 4. The van der Waals surface area contributed by atoms with Crippen LogP contribution in [0, 0.1) is 6.92 Å². The van der Waals surface area contributed by atoms with Crippen LogP contribution in [0.25, 0.3) is 11.0 Å². The van der Waals surface area contributed by atoms with Gasteiger partial charge in [-0.2, -0.15) is 0 Å². The highest BCUT2D eigenvalue weighted by molar-refractivity contribution is 7.14. The van der Waals surface area contributed by atoms with Crippen molar-refractivity contribution in [3.63, 3.8) is 0 Å². The monoisotopic (exact) mass is 301 g/mol. The fourth-order valence-corrected chi connectivity index (χ4v) is 2.74. The lowest BCUT2D eigenvalue weighted by Crippen LogP contribution is -2.09. The second-order valence-electron chi connectivity index (χ2n) is 4.53. The number of aryl methyl sites for hydroxylation is 1.